The molecular weight excluding hydrogens is 268 g/mol. The molecule has 1 nitrogen and oxygen atoms in total. The normalized spacial score (nSPS) is 11.1. The van der Waals surface area contributed by atoms with Gasteiger partial charge in [0.1, 0.15) is 11.6 Å². The molecule has 0 saturated heterocycles. The number of benzene rings is 2. The van der Waals surface area contributed by atoms with Gasteiger partial charge in [0.2, 0.25) is 0 Å². The molecule has 2 rings (SSSR count). The molecule has 0 bridgehead atoms. The lowest BCUT2D eigenvalue weighted by molar-refractivity contribution is 0.573. The summed E-state index contributed by atoms with van der Waals surface area (Å²) in [5.74, 6) is -0.466. The molecule has 3 heteroatoms. The van der Waals surface area contributed by atoms with E-state index in [0.29, 0.717) is 11.1 Å². The van der Waals surface area contributed by atoms with E-state index in [0.717, 1.165) is 24.1 Å². The van der Waals surface area contributed by atoms with Crippen LogP contribution in [0.2, 0.25) is 0 Å². The van der Waals surface area contributed by atoms with E-state index in [9.17, 15) is 8.78 Å². The first-order valence-corrected chi connectivity index (χ1v) is 7.28. The molecule has 1 N–H and O–H groups in total. The number of halogens is 2. The van der Waals surface area contributed by atoms with Crippen molar-refractivity contribution in [1.29, 1.82) is 0 Å². The van der Waals surface area contributed by atoms with Crippen molar-refractivity contribution >= 4 is 0 Å². The lowest BCUT2D eigenvalue weighted by Crippen LogP contribution is -2.23. The molecule has 0 unspecified atom stereocenters. The third-order valence-corrected chi connectivity index (χ3v) is 3.66. The predicted octanol–water partition coefficient (Wildman–Crippen LogP) is 4.67. The van der Waals surface area contributed by atoms with Crippen LogP contribution in [0.3, 0.4) is 0 Å². The Morgan fingerprint density at radius 2 is 1.38 bits per heavy atom. The van der Waals surface area contributed by atoms with Crippen molar-refractivity contribution in [3.8, 4) is 0 Å². The van der Waals surface area contributed by atoms with Crippen LogP contribution in [-0.2, 0) is 0 Å². The van der Waals surface area contributed by atoms with Gasteiger partial charge in [-0.3, -0.25) is 0 Å². The maximum atomic E-state index is 13.8. The molecule has 0 aromatic heterocycles. The maximum Gasteiger partial charge on any atom is 0.126 e. The largest absolute Gasteiger partial charge is 0.306 e. The molecule has 0 aliphatic rings. The summed E-state index contributed by atoms with van der Waals surface area (Å²) in [7, 11) is 0. The van der Waals surface area contributed by atoms with Gasteiger partial charge in [-0.15, -0.1) is 0 Å². The Morgan fingerprint density at radius 1 is 0.905 bits per heavy atom. The van der Waals surface area contributed by atoms with E-state index in [1.54, 1.807) is 26.0 Å². The SMILES string of the molecule is CCCNC(c1ccc(C)c(F)c1)c1ccc(C)c(F)c1. The maximum absolute atomic E-state index is 13.8. The molecular formula is C18H21F2N. The fourth-order valence-electron chi connectivity index (χ4n) is 2.29. The number of hydrogen-bond donors (Lipinski definition) is 1. The van der Waals surface area contributed by atoms with E-state index >= 15 is 0 Å². The fraction of sp³-hybridized carbons (Fsp3) is 0.333. The minimum Gasteiger partial charge on any atom is -0.306 e. The number of hydrogen-bond acceptors (Lipinski definition) is 1. The van der Waals surface area contributed by atoms with Gasteiger partial charge in [-0.25, -0.2) is 8.78 Å². The highest BCUT2D eigenvalue weighted by molar-refractivity contribution is 5.35. The summed E-state index contributed by atoms with van der Waals surface area (Å²) in [6.07, 6.45) is 0.958. The molecule has 2 aromatic rings. The van der Waals surface area contributed by atoms with Crippen LogP contribution in [-0.4, -0.2) is 6.54 Å². The first-order chi connectivity index (χ1) is 10.0. The summed E-state index contributed by atoms with van der Waals surface area (Å²) in [5.41, 5.74) is 2.86. The Balaban J connectivity index is 2.41. The van der Waals surface area contributed by atoms with E-state index in [-0.39, 0.29) is 17.7 Å². The monoisotopic (exact) mass is 289 g/mol. The smallest absolute Gasteiger partial charge is 0.126 e. The number of rotatable bonds is 5. The molecule has 0 radical (unpaired) electrons. The van der Waals surface area contributed by atoms with Crippen LogP contribution in [0.15, 0.2) is 36.4 Å². The Hall–Kier alpha value is -1.74. The Morgan fingerprint density at radius 3 is 1.76 bits per heavy atom. The van der Waals surface area contributed by atoms with E-state index in [2.05, 4.69) is 12.2 Å². The van der Waals surface area contributed by atoms with Crippen LogP contribution < -0.4 is 5.32 Å². The molecule has 21 heavy (non-hydrogen) atoms. The van der Waals surface area contributed by atoms with Gasteiger partial charge in [0, 0.05) is 0 Å². The summed E-state index contributed by atoms with van der Waals surface area (Å²) in [4.78, 5) is 0. The molecule has 0 aliphatic heterocycles. The van der Waals surface area contributed by atoms with Crippen molar-refractivity contribution in [2.75, 3.05) is 6.54 Å². The van der Waals surface area contributed by atoms with Crippen LogP contribution in [0.5, 0.6) is 0 Å². The van der Waals surface area contributed by atoms with Crippen molar-refractivity contribution in [3.05, 3.63) is 70.3 Å². The second-order valence-corrected chi connectivity index (χ2v) is 5.40. The van der Waals surface area contributed by atoms with E-state index in [4.69, 9.17) is 0 Å². The van der Waals surface area contributed by atoms with Gasteiger partial charge in [0.15, 0.2) is 0 Å². The average molecular weight is 289 g/mol. The van der Waals surface area contributed by atoms with Crippen molar-refractivity contribution < 1.29 is 8.78 Å². The van der Waals surface area contributed by atoms with Crippen LogP contribution in [0.25, 0.3) is 0 Å². The van der Waals surface area contributed by atoms with Gasteiger partial charge < -0.3 is 5.32 Å². The zero-order valence-electron chi connectivity index (χ0n) is 12.7. The first kappa shape index (κ1) is 15.6. The highest BCUT2D eigenvalue weighted by Gasteiger charge is 2.16. The fourth-order valence-corrected chi connectivity index (χ4v) is 2.29. The van der Waals surface area contributed by atoms with Crippen LogP contribution in [0.1, 0.15) is 41.6 Å². The van der Waals surface area contributed by atoms with Gasteiger partial charge in [-0.1, -0.05) is 31.2 Å². The zero-order valence-corrected chi connectivity index (χ0v) is 12.7. The van der Waals surface area contributed by atoms with Crippen molar-refractivity contribution in [2.45, 2.75) is 33.2 Å². The minimum atomic E-state index is -0.233. The van der Waals surface area contributed by atoms with Gasteiger partial charge in [0.25, 0.3) is 0 Å². The molecule has 0 aliphatic carbocycles. The van der Waals surface area contributed by atoms with Crippen LogP contribution >= 0.6 is 0 Å². The topological polar surface area (TPSA) is 12.0 Å². The summed E-state index contributed by atoms with van der Waals surface area (Å²) in [6, 6.07) is 10.2. The summed E-state index contributed by atoms with van der Waals surface area (Å²) >= 11 is 0. The quantitative estimate of drug-likeness (QED) is 0.843. The molecule has 2 aromatic carbocycles. The van der Waals surface area contributed by atoms with Crippen molar-refractivity contribution in [2.24, 2.45) is 0 Å². The molecule has 112 valence electrons. The lowest BCUT2D eigenvalue weighted by Gasteiger charge is -2.20. The van der Waals surface area contributed by atoms with E-state index in [1.165, 1.54) is 12.1 Å². The van der Waals surface area contributed by atoms with Crippen molar-refractivity contribution in [1.82, 2.24) is 5.32 Å². The number of nitrogens with one attached hydrogen (secondary N) is 1. The summed E-state index contributed by atoms with van der Waals surface area (Å²) in [5, 5.41) is 3.36. The molecule has 0 heterocycles. The third kappa shape index (κ3) is 3.67. The molecule has 0 fully saturated rings. The average Bonchev–Trinajstić information content (AvgIpc) is 2.46. The lowest BCUT2D eigenvalue weighted by atomic mass is 9.96. The highest BCUT2D eigenvalue weighted by atomic mass is 19.1. The standard InChI is InChI=1S/C18H21F2N/c1-4-9-21-18(14-7-5-12(2)16(19)10-14)15-8-6-13(3)17(20)11-15/h5-8,10-11,18,21H,4,9H2,1-3H3. The summed E-state index contributed by atoms with van der Waals surface area (Å²) < 4.78 is 27.6. The Kier molecular flexibility index (Phi) is 5.07. The second-order valence-electron chi connectivity index (χ2n) is 5.40. The van der Waals surface area contributed by atoms with E-state index < -0.39 is 0 Å². The van der Waals surface area contributed by atoms with Crippen LogP contribution in [0.4, 0.5) is 8.78 Å². The third-order valence-electron chi connectivity index (χ3n) is 3.66. The highest BCUT2D eigenvalue weighted by Crippen LogP contribution is 2.25. The van der Waals surface area contributed by atoms with Gasteiger partial charge in [-0.2, -0.15) is 0 Å². The van der Waals surface area contributed by atoms with Gasteiger partial charge in [0.05, 0.1) is 6.04 Å². The zero-order chi connectivity index (χ0) is 15.4. The molecule has 0 atom stereocenters. The molecule has 0 amide bonds. The number of aryl methyl sites for hydroxylation is 2. The summed E-state index contributed by atoms with van der Waals surface area (Å²) in [6.45, 7) is 6.32. The Labute approximate surface area is 125 Å². The van der Waals surface area contributed by atoms with Gasteiger partial charge >= 0.3 is 0 Å². The van der Waals surface area contributed by atoms with Crippen LogP contribution in [0, 0.1) is 25.5 Å². The molecule has 0 spiro atoms. The molecule has 0 saturated carbocycles. The van der Waals surface area contributed by atoms with Gasteiger partial charge in [-0.05, 0) is 61.2 Å². The van der Waals surface area contributed by atoms with E-state index in [1.807, 2.05) is 12.1 Å². The predicted molar refractivity (Wildman–Crippen MR) is 82.4 cm³/mol. The van der Waals surface area contributed by atoms with Crippen molar-refractivity contribution in [3.63, 3.8) is 0 Å². The minimum absolute atomic E-state index is 0.199. The Bertz CT molecular complexity index is 571. The second kappa shape index (κ2) is 6.81. The first-order valence-electron chi connectivity index (χ1n) is 7.28.